The maximum atomic E-state index is 12.5. The van der Waals surface area contributed by atoms with E-state index >= 15 is 0 Å². The number of hydrogen-bond acceptors (Lipinski definition) is 5. The van der Waals surface area contributed by atoms with Crippen LogP contribution in [-0.4, -0.2) is 33.7 Å². The van der Waals surface area contributed by atoms with Gasteiger partial charge in [0.25, 0.3) is 5.91 Å². The van der Waals surface area contributed by atoms with E-state index in [0.29, 0.717) is 34.3 Å². The van der Waals surface area contributed by atoms with Crippen LogP contribution >= 0.6 is 0 Å². The lowest BCUT2D eigenvalue weighted by atomic mass is 9.94. The maximum Gasteiger partial charge on any atom is 0.267 e. The lowest BCUT2D eigenvalue weighted by molar-refractivity contribution is 0.0996. The van der Waals surface area contributed by atoms with Crippen molar-refractivity contribution in [1.29, 1.82) is 0 Å². The van der Waals surface area contributed by atoms with Crippen molar-refractivity contribution >= 4 is 22.7 Å². The molecule has 4 aromatic rings. The lowest BCUT2D eigenvalue weighted by Gasteiger charge is -2.13. The van der Waals surface area contributed by atoms with E-state index in [2.05, 4.69) is 10.1 Å². The topological polar surface area (TPSA) is 126 Å². The molecule has 31 heavy (non-hydrogen) atoms. The van der Waals surface area contributed by atoms with Gasteiger partial charge in [-0.05, 0) is 30.7 Å². The molecule has 0 spiro atoms. The zero-order valence-corrected chi connectivity index (χ0v) is 17.1. The standard InChI is InChI=1S/C23H21N5O3/c1-13-17(12-28(27-13)11-14-7-9-15(31-2)10-8-14)19-20(22(24)29)16-5-3-4-6-18(16)26-21(19)23(25)30/h3-10,12H,11H2,1-2H3,(H2,24,29)(H2,25,30). The summed E-state index contributed by atoms with van der Waals surface area (Å²) >= 11 is 0. The summed E-state index contributed by atoms with van der Waals surface area (Å²) in [5.74, 6) is -0.649. The van der Waals surface area contributed by atoms with Crippen LogP contribution in [0.1, 0.15) is 32.1 Å². The zero-order valence-electron chi connectivity index (χ0n) is 17.1. The van der Waals surface area contributed by atoms with Crippen LogP contribution in [0.15, 0.2) is 54.7 Å². The maximum absolute atomic E-state index is 12.5. The minimum Gasteiger partial charge on any atom is -0.497 e. The number of fused-ring (bicyclic) bond motifs is 1. The van der Waals surface area contributed by atoms with Crippen LogP contribution in [0.4, 0.5) is 0 Å². The third-order valence-electron chi connectivity index (χ3n) is 5.09. The molecule has 2 aromatic heterocycles. The van der Waals surface area contributed by atoms with E-state index in [0.717, 1.165) is 11.3 Å². The Hall–Kier alpha value is -4.20. The van der Waals surface area contributed by atoms with E-state index in [1.807, 2.05) is 24.3 Å². The fourth-order valence-electron chi connectivity index (χ4n) is 3.67. The van der Waals surface area contributed by atoms with Gasteiger partial charge in [0.15, 0.2) is 0 Å². The van der Waals surface area contributed by atoms with E-state index in [9.17, 15) is 9.59 Å². The molecule has 156 valence electrons. The number of pyridine rings is 1. The molecule has 8 heteroatoms. The van der Waals surface area contributed by atoms with Crippen molar-refractivity contribution in [2.45, 2.75) is 13.5 Å². The fraction of sp³-hybridized carbons (Fsp3) is 0.130. The van der Waals surface area contributed by atoms with E-state index in [4.69, 9.17) is 16.2 Å². The number of aryl methyl sites for hydroxylation is 1. The number of para-hydroxylation sites is 1. The van der Waals surface area contributed by atoms with Crippen molar-refractivity contribution < 1.29 is 14.3 Å². The van der Waals surface area contributed by atoms with Crippen LogP contribution in [0.5, 0.6) is 5.75 Å². The Morgan fingerprint density at radius 2 is 1.74 bits per heavy atom. The molecule has 8 nitrogen and oxygen atoms in total. The number of methoxy groups -OCH3 is 1. The second-order valence-corrected chi connectivity index (χ2v) is 7.13. The monoisotopic (exact) mass is 415 g/mol. The zero-order chi connectivity index (χ0) is 22.1. The molecular formula is C23H21N5O3. The number of nitrogens with two attached hydrogens (primary N) is 2. The second-order valence-electron chi connectivity index (χ2n) is 7.13. The van der Waals surface area contributed by atoms with Gasteiger partial charge in [-0.3, -0.25) is 14.3 Å². The molecule has 4 rings (SSSR count). The number of primary amides is 2. The quantitative estimate of drug-likeness (QED) is 0.501. The van der Waals surface area contributed by atoms with Crippen LogP contribution in [0.2, 0.25) is 0 Å². The number of carbonyl (C=O) groups is 2. The SMILES string of the molecule is COc1ccc(Cn2cc(-c3c(C(N)=O)nc4ccccc4c3C(N)=O)c(C)n2)cc1. The lowest BCUT2D eigenvalue weighted by Crippen LogP contribution is -2.20. The number of nitrogens with zero attached hydrogens (tertiary/aromatic N) is 3. The van der Waals surface area contributed by atoms with Gasteiger partial charge >= 0.3 is 0 Å². The molecule has 0 aliphatic heterocycles. The summed E-state index contributed by atoms with van der Waals surface area (Å²) in [6.45, 7) is 2.29. The molecule has 2 aromatic carbocycles. The number of benzene rings is 2. The molecule has 0 atom stereocenters. The van der Waals surface area contributed by atoms with Crippen molar-refractivity contribution in [3.05, 3.63) is 77.2 Å². The van der Waals surface area contributed by atoms with Crippen molar-refractivity contribution in [3.8, 4) is 16.9 Å². The van der Waals surface area contributed by atoms with E-state index in [1.54, 1.807) is 49.2 Å². The molecule has 0 radical (unpaired) electrons. The number of aromatic nitrogens is 3. The van der Waals surface area contributed by atoms with Crippen LogP contribution in [0.25, 0.3) is 22.0 Å². The smallest absolute Gasteiger partial charge is 0.267 e. The molecule has 0 fully saturated rings. The molecule has 0 aliphatic carbocycles. The highest BCUT2D eigenvalue weighted by atomic mass is 16.5. The molecule has 0 bridgehead atoms. The summed E-state index contributed by atoms with van der Waals surface area (Å²) < 4.78 is 6.92. The molecule has 2 amide bonds. The normalized spacial score (nSPS) is 10.9. The van der Waals surface area contributed by atoms with Gasteiger partial charge in [0.2, 0.25) is 5.91 Å². The van der Waals surface area contributed by atoms with Gasteiger partial charge in [-0.1, -0.05) is 30.3 Å². The summed E-state index contributed by atoms with van der Waals surface area (Å²) in [6.07, 6.45) is 1.77. The Morgan fingerprint density at radius 1 is 1.03 bits per heavy atom. The summed E-state index contributed by atoms with van der Waals surface area (Å²) in [5.41, 5.74) is 14.5. The molecule has 4 N–H and O–H groups in total. The Kier molecular flexibility index (Phi) is 5.12. The third kappa shape index (κ3) is 3.71. The first-order valence-corrected chi connectivity index (χ1v) is 9.58. The Morgan fingerprint density at radius 3 is 2.39 bits per heavy atom. The number of rotatable bonds is 6. The van der Waals surface area contributed by atoms with E-state index < -0.39 is 11.8 Å². The number of hydrogen-bond donors (Lipinski definition) is 2. The predicted octanol–water partition coefficient (Wildman–Crippen LogP) is 2.66. The number of carbonyl (C=O) groups excluding carboxylic acids is 2. The van der Waals surface area contributed by atoms with Crippen molar-refractivity contribution in [2.75, 3.05) is 7.11 Å². The first kappa shape index (κ1) is 20.1. The summed E-state index contributed by atoms with van der Waals surface area (Å²) in [4.78, 5) is 29.1. The highest BCUT2D eigenvalue weighted by molar-refractivity contribution is 6.15. The molecule has 0 saturated heterocycles. The van der Waals surface area contributed by atoms with Gasteiger partial charge in [0, 0.05) is 22.7 Å². The summed E-state index contributed by atoms with van der Waals surface area (Å²) in [5, 5.41) is 5.11. The van der Waals surface area contributed by atoms with Crippen molar-refractivity contribution in [3.63, 3.8) is 0 Å². The fourth-order valence-corrected chi connectivity index (χ4v) is 3.67. The van der Waals surface area contributed by atoms with Gasteiger partial charge < -0.3 is 16.2 Å². The van der Waals surface area contributed by atoms with Crippen molar-refractivity contribution in [1.82, 2.24) is 14.8 Å². The number of amides is 2. The molecule has 0 aliphatic rings. The number of ether oxygens (including phenoxy) is 1. The molecule has 0 unspecified atom stereocenters. The van der Waals surface area contributed by atoms with Gasteiger partial charge in [0.1, 0.15) is 11.4 Å². The summed E-state index contributed by atoms with van der Waals surface area (Å²) in [7, 11) is 1.61. The first-order chi connectivity index (χ1) is 14.9. The second kappa shape index (κ2) is 7.91. The van der Waals surface area contributed by atoms with Crippen LogP contribution in [0.3, 0.4) is 0 Å². The average Bonchev–Trinajstić information content (AvgIpc) is 3.12. The summed E-state index contributed by atoms with van der Waals surface area (Å²) in [6, 6.07) is 14.6. The Bertz CT molecular complexity index is 1310. The predicted molar refractivity (Wildman–Crippen MR) is 117 cm³/mol. The minimum atomic E-state index is -0.745. The Balaban J connectivity index is 1.88. The van der Waals surface area contributed by atoms with Gasteiger partial charge in [-0.25, -0.2) is 4.98 Å². The largest absolute Gasteiger partial charge is 0.497 e. The van der Waals surface area contributed by atoms with Gasteiger partial charge in [-0.2, -0.15) is 5.10 Å². The highest BCUT2D eigenvalue weighted by Gasteiger charge is 2.25. The van der Waals surface area contributed by atoms with Gasteiger partial charge in [0.05, 0.1) is 30.4 Å². The van der Waals surface area contributed by atoms with Crippen LogP contribution < -0.4 is 16.2 Å². The highest BCUT2D eigenvalue weighted by Crippen LogP contribution is 2.33. The molecule has 0 saturated carbocycles. The van der Waals surface area contributed by atoms with Crippen molar-refractivity contribution in [2.24, 2.45) is 11.5 Å². The van der Waals surface area contributed by atoms with E-state index in [1.165, 1.54) is 0 Å². The molecule has 2 heterocycles. The Labute approximate surface area is 178 Å². The third-order valence-corrected chi connectivity index (χ3v) is 5.09. The van der Waals surface area contributed by atoms with Crippen LogP contribution in [-0.2, 0) is 6.54 Å². The molecular weight excluding hydrogens is 394 g/mol. The van der Waals surface area contributed by atoms with Gasteiger partial charge in [-0.15, -0.1) is 0 Å². The first-order valence-electron chi connectivity index (χ1n) is 9.58. The van der Waals surface area contributed by atoms with Crippen LogP contribution in [0, 0.1) is 6.92 Å². The van der Waals surface area contributed by atoms with E-state index in [-0.39, 0.29) is 11.3 Å². The average molecular weight is 415 g/mol. The minimum absolute atomic E-state index is 0.0143.